The van der Waals surface area contributed by atoms with Crippen molar-refractivity contribution in [3.8, 4) is 0 Å². The zero-order valence-corrected chi connectivity index (χ0v) is 18.6. The first kappa shape index (κ1) is 21.3. The van der Waals surface area contributed by atoms with Crippen LogP contribution in [0.4, 0.5) is 4.39 Å². The fourth-order valence-electron chi connectivity index (χ4n) is 4.47. The molecule has 168 valence electrons. The molecule has 33 heavy (non-hydrogen) atoms. The molecule has 0 radical (unpaired) electrons. The van der Waals surface area contributed by atoms with Gasteiger partial charge >= 0.3 is 0 Å². The molecule has 0 spiro atoms. The minimum atomic E-state index is -0.665. The molecule has 9 heteroatoms. The van der Waals surface area contributed by atoms with Crippen molar-refractivity contribution in [2.75, 3.05) is 0 Å². The number of rotatable bonds is 4. The normalized spacial score (nSPS) is 17.9. The summed E-state index contributed by atoms with van der Waals surface area (Å²) in [5.41, 5.74) is 2.72. The average Bonchev–Trinajstić information content (AvgIpc) is 3.30. The third kappa shape index (κ3) is 3.68. The van der Waals surface area contributed by atoms with Crippen LogP contribution in [0, 0.1) is 12.7 Å². The Hall–Kier alpha value is -3.59. The zero-order valence-electron chi connectivity index (χ0n) is 17.7. The highest BCUT2D eigenvalue weighted by Gasteiger charge is 2.39. The number of amides is 4. The maximum Gasteiger partial charge on any atom is 0.261 e. The Morgan fingerprint density at radius 3 is 2.82 bits per heavy atom. The number of hydrogen-bond donors (Lipinski definition) is 2. The van der Waals surface area contributed by atoms with Gasteiger partial charge in [0.2, 0.25) is 11.8 Å². The molecule has 2 aliphatic heterocycles. The molecule has 0 saturated carbocycles. The van der Waals surface area contributed by atoms with Gasteiger partial charge in [0.25, 0.3) is 11.8 Å². The van der Waals surface area contributed by atoms with E-state index in [9.17, 15) is 23.6 Å². The van der Waals surface area contributed by atoms with Crippen LogP contribution in [-0.4, -0.2) is 34.6 Å². The Morgan fingerprint density at radius 2 is 2.06 bits per heavy atom. The molecule has 7 nitrogen and oxygen atoms in total. The summed E-state index contributed by atoms with van der Waals surface area (Å²) in [6.45, 7) is 2.26. The predicted octanol–water partition coefficient (Wildman–Crippen LogP) is 3.04. The number of halogens is 1. The van der Waals surface area contributed by atoms with Crippen molar-refractivity contribution < 1.29 is 23.6 Å². The van der Waals surface area contributed by atoms with Crippen molar-refractivity contribution in [1.29, 1.82) is 0 Å². The number of carbonyl (C=O) groups excluding carboxylic acids is 4. The second kappa shape index (κ2) is 8.08. The minimum Gasteiger partial charge on any atom is -0.347 e. The quantitative estimate of drug-likeness (QED) is 0.579. The van der Waals surface area contributed by atoms with E-state index in [1.54, 1.807) is 31.2 Å². The Morgan fingerprint density at radius 1 is 1.24 bits per heavy atom. The third-order valence-corrected chi connectivity index (χ3v) is 7.41. The number of piperidine rings is 1. The molecule has 3 aromatic rings. The second-order valence-electron chi connectivity index (χ2n) is 8.24. The van der Waals surface area contributed by atoms with Crippen LogP contribution in [0.1, 0.15) is 49.6 Å². The van der Waals surface area contributed by atoms with Gasteiger partial charge < -0.3 is 10.2 Å². The molecule has 0 aliphatic carbocycles. The van der Waals surface area contributed by atoms with E-state index in [1.807, 2.05) is 6.07 Å². The molecular formula is C24H20FN3O4S. The summed E-state index contributed by atoms with van der Waals surface area (Å²) in [6, 6.07) is 9.44. The average molecular weight is 466 g/mol. The van der Waals surface area contributed by atoms with Crippen molar-refractivity contribution in [3.05, 3.63) is 69.3 Å². The van der Waals surface area contributed by atoms with Gasteiger partial charge in [0, 0.05) is 35.2 Å². The molecule has 5 rings (SSSR count). The standard InChI is InChI=1S/C24H20FN3O4S/c1-12-20-16(25)3-2-4-18(20)33-21(12)23(31)26-10-13-5-6-15-14(9-13)11-28(24(15)32)17-7-8-19(29)27-22(17)30/h2-6,9,17H,7-8,10-11H2,1H3,(H,26,31)(H,27,29,30). The molecule has 2 aromatic carbocycles. The van der Waals surface area contributed by atoms with Gasteiger partial charge in [-0.15, -0.1) is 11.3 Å². The molecule has 1 fully saturated rings. The van der Waals surface area contributed by atoms with Gasteiger partial charge in [-0.1, -0.05) is 18.2 Å². The van der Waals surface area contributed by atoms with Crippen LogP contribution in [0.5, 0.6) is 0 Å². The van der Waals surface area contributed by atoms with Crippen LogP contribution in [0.2, 0.25) is 0 Å². The molecule has 1 saturated heterocycles. The van der Waals surface area contributed by atoms with Crippen molar-refractivity contribution in [1.82, 2.24) is 15.5 Å². The first-order valence-electron chi connectivity index (χ1n) is 10.6. The Bertz CT molecular complexity index is 1350. The number of imide groups is 1. The van der Waals surface area contributed by atoms with E-state index in [2.05, 4.69) is 10.6 Å². The molecule has 3 heterocycles. The van der Waals surface area contributed by atoms with Crippen LogP contribution in [-0.2, 0) is 22.7 Å². The maximum absolute atomic E-state index is 14.1. The molecule has 4 amide bonds. The minimum absolute atomic E-state index is 0.203. The third-order valence-electron chi connectivity index (χ3n) is 6.15. The number of hydrogen-bond acceptors (Lipinski definition) is 5. The van der Waals surface area contributed by atoms with E-state index in [4.69, 9.17) is 0 Å². The lowest BCUT2D eigenvalue weighted by molar-refractivity contribution is -0.136. The van der Waals surface area contributed by atoms with E-state index >= 15 is 0 Å². The second-order valence-corrected chi connectivity index (χ2v) is 9.30. The smallest absolute Gasteiger partial charge is 0.261 e. The summed E-state index contributed by atoms with van der Waals surface area (Å²) < 4.78 is 14.9. The van der Waals surface area contributed by atoms with Crippen molar-refractivity contribution in [3.63, 3.8) is 0 Å². The highest BCUT2D eigenvalue weighted by molar-refractivity contribution is 7.21. The van der Waals surface area contributed by atoms with E-state index in [1.165, 1.54) is 22.3 Å². The lowest BCUT2D eigenvalue weighted by atomic mass is 10.0. The molecule has 2 aliphatic rings. The summed E-state index contributed by atoms with van der Waals surface area (Å²) in [6.07, 6.45) is 0.511. The number of carbonyl (C=O) groups is 4. The van der Waals surface area contributed by atoms with Crippen LogP contribution < -0.4 is 10.6 Å². The number of fused-ring (bicyclic) bond motifs is 2. The van der Waals surface area contributed by atoms with Gasteiger partial charge in [-0.2, -0.15) is 0 Å². The van der Waals surface area contributed by atoms with Crippen molar-refractivity contribution in [2.45, 2.75) is 38.9 Å². The molecule has 1 unspecified atom stereocenters. The zero-order chi connectivity index (χ0) is 23.3. The van der Waals surface area contributed by atoms with E-state index < -0.39 is 11.9 Å². The summed E-state index contributed by atoms with van der Waals surface area (Å²) in [7, 11) is 0. The summed E-state index contributed by atoms with van der Waals surface area (Å²) in [5.74, 6) is -1.64. The van der Waals surface area contributed by atoms with Gasteiger partial charge in [0.15, 0.2) is 0 Å². The first-order valence-corrected chi connectivity index (χ1v) is 11.4. The van der Waals surface area contributed by atoms with Gasteiger partial charge in [-0.05, 0) is 48.2 Å². The fraction of sp³-hybridized carbons (Fsp3) is 0.250. The number of thiophene rings is 1. The number of nitrogens with one attached hydrogen (secondary N) is 2. The van der Waals surface area contributed by atoms with Crippen LogP contribution in [0.25, 0.3) is 10.1 Å². The monoisotopic (exact) mass is 465 g/mol. The number of aryl methyl sites for hydroxylation is 1. The van der Waals surface area contributed by atoms with Gasteiger partial charge in [-0.25, -0.2) is 4.39 Å². The highest BCUT2D eigenvalue weighted by Crippen LogP contribution is 2.33. The summed E-state index contributed by atoms with van der Waals surface area (Å²) >= 11 is 1.25. The number of benzene rings is 2. The largest absolute Gasteiger partial charge is 0.347 e. The van der Waals surface area contributed by atoms with Crippen molar-refractivity contribution in [2.24, 2.45) is 0 Å². The van der Waals surface area contributed by atoms with Crippen molar-refractivity contribution >= 4 is 45.1 Å². The van der Waals surface area contributed by atoms with E-state index in [0.29, 0.717) is 27.8 Å². The molecule has 0 bridgehead atoms. The topological polar surface area (TPSA) is 95.6 Å². The lowest BCUT2D eigenvalue weighted by Crippen LogP contribution is -2.52. The first-order chi connectivity index (χ1) is 15.8. The highest BCUT2D eigenvalue weighted by atomic mass is 32.1. The van der Waals surface area contributed by atoms with Gasteiger partial charge in [0.1, 0.15) is 11.9 Å². The van der Waals surface area contributed by atoms with Crippen LogP contribution in [0.3, 0.4) is 0 Å². The Labute approximate surface area is 192 Å². The SMILES string of the molecule is Cc1c(C(=O)NCc2ccc3c(c2)CN(C2CCC(=O)NC2=O)C3=O)sc2cccc(F)c12. The molecule has 2 N–H and O–H groups in total. The number of nitrogens with zero attached hydrogens (tertiary/aromatic N) is 1. The predicted molar refractivity (Wildman–Crippen MR) is 120 cm³/mol. The van der Waals surface area contributed by atoms with Crippen LogP contribution in [0.15, 0.2) is 36.4 Å². The molecular weight excluding hydrogens is 445 g/mol. The Balaban J connectivity index is 1.30. The van der Waals surface area contributed by atoms with Gasteiger partial charge in [0.05, 0.1) is 4.88 Å². The Kier molecular flexibility index (Phi) is 5.20. The van der Waals surface area contributed by atoms with Gasteiger partial charge in [-0.3, -0.25) is 24.5 Å². The summed E-state index contributed by atoms with van der Waals surface area (Å²) in [5, 5.41) is 5.63. The molecule has 1 aromatic heterocycles. The van der Waals surface area contributed by atoms with E-state index in [-0.39, 0.29) is 43.0 Å². The fourth-order valence-corrected chi connectivity index (χ4v) is 5.61. The van der Waals surface area contributed by atoms with Crippen LogP contribution >= 0.6 is 11.3 Å². The van der Waals surface area contributed by atoms with E-state index in [0.717, 1.165) is 15.8 Å². The maximum atomic E-state index is 14.1. The lowest BCUT2D eigenvalue weighted by Gasteiger charge is -2.29. The molecule has 1 atom stereocenters. The summed E-state index contributed by atoms with van der Waals surface area (Å²) in [4.78, 5) is 51.1.